The summed E-state index contributed by atoms with van der Waals surface area (Å²) in [6.45, 7) is 0. The van der Waals surface area contributed by atoms with Gasteiger partial charge in [-0.15, -0.1) is 0 Å². The van der Waals surface area contributed by atoms with Crippen LogP contribution in [0.4, 0.5) is 15.8 Å². The topological polar surface area (TPSA) is 101 Å². The minimum atomic E-state index is -1.01. The summed E-state index contributed by atoms with van der Waals surface area (Å²) >= 11 is 0. The minimum Gasteiger partial charge on any atom is -0.323 e. The molecule has 1 aliphatic carbocycles. The van der Waals surface area contributed by atoms with Crippen LogP contribution in [0.1, 0.15) is 48.9 Å². The van der Waals surface area contributed by atoms with Crippen LogP contribution in [-0.2, 0) is 9.59 Å². The van der Waals surface area contributed by atoms with Crippen LogP contribution in [0.2, 0.25) is 0 Å². The Hall–Kier alpha value is -3.62. The molecule has 0 spiro atoms. The summed E-state index contributed by atoms with van der Waals surface area (Å²) in [5.74, 6) is -2.02. The van der Waals surface area contributed by atoms with Gasteiger partial charge >= 0.3 is 0 Å². The van der Waals surface area contributed by atoms with Crippen LogP contribution in [0.25, 0.3) is 0 Å². The van der Waals surface area contributed by atoms with Gasteiger partial charge in [-0.3, -0.25) is 24.5 Å². The van der Waals surface area contributed by atoms with E-state index < -0.39 is 34.5 Å². The Morgan fingerprint density at radius 2 is 1.75 bits per heavy atom. The molecule has 1 saturated carbocycles. The van der Waals surface area contributed by atoms with Gasteiger partial charge < -0.3 is 4.90 Å². The molecule has 1 unspecified atom stereocenters. The van der Waals surface area contributed by atoms with Crippen LogP contribution in [0, 0.1) is 15.9 Å². The second-order valence-corrected chi connectivity index (χ2v) is 8.08. The summed E-state index contributed by atoms with van der Waals surface area (Å²) < 4.78 is 13.3. The molecule has 0 aromatic heterocycles. The second-order valence-electron chi connectivity index (χ2n) is 8.08. The van der Waals surface area contributed by atoms with Gasteiger partial charge in [0.15, 0.2) is 0 Å². The molecular weight excluding hydrogens is 417 g/mol. The smallest absolute Gasteiger partial charge is 0.270 e. The number of hydrogen-bond acceptors (Lipinski definition) is 5. The zero-order chi connectivity index (χ0) is 22.8. The fraction of sp³-hybridized carbons (Fsp3) is 0.348. The third-order valence-electron chi connectivity index (χ3n) is 6.05. The highest BCUT2D eigenvalue weighted by Gasteiger charge is 2.46. The number of halogens is 1. The lowest BCUT2D eigenvalue weighted by Gasteiger charge is -2.37. The third-order valence-corrected chi connectivity index (χ3v) is 6.05. The first kappa shape index (κ1) is 21.6. The predicted octanol–water partition coefficient (Wildman–Crippen LogP) is 3.84. The maximum Gasteiger partial charge on any atom is 0.270 e. The van der Waals surface area contributed by atoms with Crippen molar-refractivity contribution in [3.63, 3.8) is 0 Å². The maximum absolute atomic E-state index is 13.5. The quantitative estimate of drug-likeness (QED) is 0.400. The van der Waals surface area contributed by atoms with Gasteiger partial charge in [0.2, 0.25) is 5.91 Å². The van der Waals surface area contributed by atoms with Gasteiger partial charge in [-0.2, -0.15) is 0 Å². The average Bonchev–Trinajstić information content (AvgIpc) is 3.09. The molecular formula is C23H22FN3O5. The van der Waals surface area contributed by atoms with Crippen molar-refractivity contribution in [3.8, 4) is 0 Å². The van der Waals surface area contributed by atoms with E-state index in [0.29, 0.717) is 12.8 Å². The molecule has 1 heterocycles. The van der Waals surface area contributed by atoms with Crippen LogP contribution in [-0.4, -0.2) is 39.6 Å². The second kappa shape index (κ2) is 8.86. The number of benzene rings is 2. The third kappa shape index (κ3) is 4.10. The lowest BCUT2D eigenvalue weighted by molar-refractivity contribution is -0.384. The Bertz CT molecular complexity index is 1070. The molecule has 2 aromatic carbocycles. The largest absolute Gasteiger partial charge is 0.323 e. The Morgan fingerprint density at radius 1 is 1.06 bits per heavy atom. The summed E-state index contributed by atoms with van der Waals surface area (Å²) in [7, 11) is 0. The maximum atomic E-state index is 13.5. The Labute approximate surface area is 183 Å². The molecule has 1 aliphatic heterocycles. The van der Waals surface area contributed by atoms with Crippen molar-refractivity contribution < 1.29 is 23.7 Å². The number of amides is 3. The van der Waals surface area contributed by atoms with Crippen molar-refractivity contribution in [2.24, 2.45) is 0 Å². The number of nitro groups is 1. The summed E-state index contributed by atoms with van der Waals surface area (Å²) in [6, 6.07) is 9.15. The van der Waals surface area contributed by atoms with Crippen molar-refractivity contribution in [2.45, 2.75) is 50.6 Å². The van der Waals surface area contributed by atoms with E-state index >= 15 is 0 Å². The molecule has 166 valence electrons. The highest BCUT2D eigenvalue weighted by atomic mass is 19.1. The summed E-state index contributed by atoms with van der Waals surface area (Å²) in [6.07, 6.45) is 3.99. The van der Waals surface area contributed by atoms with E-state index in [9.17, 15) is 28.9 Å². The fourth-order valence-corrected chi connectivity index (χ4v) is 4.52. The van der Waals surface area contributed by atoms with Gasteiger partial charge in [0.05, 0.1) is 17.0 Å². The number of hydrogen-bond donors (Lipinski definition) is 0. The molecule has 2 aromatic rings. The highest BCUT2D eigenvalue weighted by Crippen LogP contribution is 2.32. The lowest BCUT2D eigenvalue weighted by atomic mass is 9.92. The summed E-state index contributed by atoms with van der Waals surface area (Å²) in [5.41, 5.74) is 0.127. The molecule has 3 amide bonds. The molecule has 2 fully saturated rings. The average molecular weight is 439 g/mol. The van der Waals surface area contributed by atoms with Crippen molar-refractivity contribution >= 4 is 29.1 Å². The minimum absolute atomic E-state index is 0.102. The SMILES string of the molecule is O=C1CC(N(C(=O)c2cccc([N+](=O)[O-])c2)C2CCCCC2)C(=O)N1c1ccc(F)cc1. The van der Waals surface area contributed by atoms with Gasteiger partial charge in [-0.05, 0) is 43.2 Å². The molecule has 9 heteroatoms. The first-order valence-electron chi connectivity index (χ1n) is 10.6. The van der Waals surface area contributed by atoms with Crippen molar-refractivity contribution in [1.29, 1.82) is 0 Å². The molecule has 1 saturated heterocycles. The number of imide groups is 1. The number of carbonyl (C=O) groups is 3. The van der Waals surface area contributed by atoms with E-state index in [1.54, 1.807) is 0 Å². The molecule has 4 rings (SSSR count). The van der Waals surface area contributed by atoms with E-state index in [-0.39, 0.29) is 29.4 Å². The first-order chi connectivity index (χ1) is 15.4. The molecule has 0 N–H and O–H groups in total. The number of anilines is 1. The monoisotopic (exact) mass is 439 g/mol. The molecule has 32 heavy (non-hydrogen) atoms. The highest BCUT2D eigenvalue weighted by molar-refractivity contribution is 6.23. The van der Waals surface area contributed by atoms with E-state index in [1.165, 1.54) is 41.3 Å². The van der Waals surface area contributed by atoms with Gasteiger partial charge in [0.25, 0.3) is 17.5 Å². The summed E-state index contributed by atoms with van der Waals surface area (Å²) in [4.78, 5) is 52.6. The number of nitro benzene ring substituents is 1. The Balaban J connectivity index is 1.69. The number of nitrogens with zero attached hydrogens (tertiary/aromatic N) is 3. The van der Waals surface area contributed by atoms with E-state index in [2.05, 4.69) is 0 Å². The van der Waals surface area contributed by atoms with Crippen LogP contribution in [0.3, 0.4) is 0 Å². The lowest BCUT2D eigenvalue weighted by Crippen LogP contribution is -2.51. The summed E-state index contributed by atoms with van der Waals surface area (Å²) in [5, 5.41) is 11.2. The molecule has 8 nitrogen and oxygen atoms in total. The van der Waals surface area contributed by atoms with Gasteiger partial charge in [-0.25, -0.2) is 9.29 Å². The van der Waals surface area contributed by atoms with Crippen LogP contribution in [0.15, 0.2) is 48.5 Å². The normalized spacial score (nSPS) is 19.3. The zero-order valence-electron chi connectivity index (χ0n) is 17.3. The van der Waals surface area contributed by atoms with Gasteiger partial charge in [0.1, 0.15) is 11.9 Å². The van der Waals surface area contributed by atoms with Gasteiger partial charge in [-0.1, -0.05) is 25.3 Å². The van der Waals surface area contributed by atoms with E-state index in [0.717, 1.165) is 36.3 Å². The van der Waals surface area contributed by atoms with E-state index in [4.69, 9.17) is 0 Å². The van der Waals surface area contributed by atoms with Crippen LogP contribution >= 0.6 is 0 Å². The fourth-order valence-electron chi connectivity index (χ4n) is 4.52. The van der Waals surface area contributed by atoms with Gasteiger partial charge in [0, 0.05) is 23.7 Å². The van der Waals surface area contributed by atoms with Crippen LogP contribution in [0.5, 0.6) is 0 Å². The number of carbonyl (C=O) groups excluding carboxylic acids is 3. The first-order valence-corrected chi connectivity index (χ1v) is 10.6. The van der Waals surface area contributed by atoms with Crippen molar-refractivity contribution in [3.05, 3.63) is 70.0 Å². The van der Waals surface area contributed by atoms with Crippen molar-refractivity contribution in [1.82, 2.24) is 4.90 Å². The number of non-ortho nitro benzene ring substituents is 1. The standard InChI is InChI=1S/C23H22FN3O5/c24-16-9-11-18(12-10-16)26-21(28)14-20(23(26)30)25(17-6-2-1-3-7-17)22(29)15-5-4-8-19(13-15)27(31)32/h4-5,8-13,17,20H,1-3,6-7,14H2. The zero-order valence-corrected chi connectivity index (χ0v) is 17.3. The molecule has 2 aliphatic rings. The Morgan fingerprint density at radius 3 is 2.41 bits per heavy atom. The predicted molar refractivity (Wildman–Crippen MR) is 113 cm³/mol. The van der Waals surface area contributed by atoms with Crippen molar-refractivity contribution in [2.75, 3.05) is 4.90 Å². The molecule has 1 atom stereocenters. The number of rotatable bonds is 5. The van der Waals surface area contributed by atoms with E-state index in [1.807, 2.05) is 0 Å². The van der Waals surface area contributed by atoms with Crippen LogP contribution < -0.4 is 4.90 Å². The Kier molecular flexibility index (Phi) is 5.98. The molecule has 0 radical (unpaired) electrons. The molecule has 0 bridgehead atoms.